The van der Waals surface area contributed by atoms with Crippen LogP contribution in [-0.4, -0.2) is 21.2 Å². The molecule has 1 rings (SSSR count). The Morgan fingerprint density at radius 2 is 2.06 bits per heavy atom. The highest BCUT2D eigenvalue weighted by Gasteiger charge is 2.27. The van der Waals surface area contributed by atoms with Crippen LogP contribution in [0.15, 0.2) is 0 Å². The van der Waals surface area contributed by atoms with Crippen LogP contribution in [0.1, 0.15) is 30.8 Å². The molecule has 0 aliphatic heterocycles. The van der Waals surface area contributed by atoms with Crippen molar-refractivity contribution in [1.82, 2.24) is 9.78 Å². The third kappa shape index (κ3) is 2.24. The quantitative estimate of drug-likeness (QED) is 0.769. The summed E-state index contributed by atoms with van der Waals surface area (Å²) >= 11 is 0. The van der Waals surface area contributed by atoms with Gasteiger partial charge in [0.25, 0.3) is 0 Å². The fraction of sp³-hybridized carbons (Fsp3) is 0.636. The normalized spacial score (nSPS) is 14.8. The maximum absolute atomic E-state index is 11.2. The zero-order valence-corrected chi connectivity index (χ0v) is 10.4. The Hall–Kier alpha value is -1.36. The van der Waals surface area contributed by atoms with E-state index in [0.29, 0.717) is 6.54 Å². The number of hydrogen-bond acceptors (Lipinski definition) is 3. The average molecular weight is 224 g/mol. The molecule has 5 nitrogen and oxygen atoms in total. The van der Waals surface area contributed by atoms with E-state index < -0.39 is 11.4 Å². The van der Waals surface area contributed by atoms with Crippen LogP contribution in [-0.2, 0) is 17.8 Å². The first-order valence-electron chi connectivity index (χ1n) is 5.41. The zero-order chi connectivity index (χ0) is 12.5. The lowest BCUT2D eigenvalue weighted by molar-refractivity contribution is -0.123. The molecule has 0 bridgehead atoms. The van der Waals surface area contributed by atoms with Gasteiger partial charge in [-0.2, -0.15) is 5.10 Å². The SMILES string of the molecule is CCc1c(C)nn(CC(C)(N)C(N)=O)c1C. The molecule has 1 amide bonds. The standard InChI is InChI=1S/C11H20N4O/c1-5-9-7(2)14-15(8(9)3)6-11(4,13)10(12)16/h5-6,13H2,1-4H3,(H2,12,16). The van der Waals surface area contributed by atoms with E-state index in [1.54, 1.807) is 11.6 Å². The van der Waals surface area contributed by atoms with Gasteiger partial charge in [-0.25, -0.2) is 0 Å². The van der Waals surface area contributed by atoms with E-state index in [9.17, 15) is 4.79 Å². The Balaban J connectivity index is 3.03. The lowest BCUT2D eigenvalue weighted by Gasteiger charge is -2.21. The number of amides is 1. The number of carbonyl (C=O) groups excluding carboxylic acids is 1. The van der Waals surface area contributed by atoms with Crippen molar-refractivity contribution in [2.45, 2.75) is 46.2 Å². The number of nitrogens with zero attached hydrogens (tertiary/aromatic N) is 2. The van der Waals surface area contributed by atoms with Gasteiger partial charge in [-0.3, -0.25) is 9.48 Å². The van der Waals surface area contributed by atoms with Crippen molar-refractivity contribution in [3.63, 3.8) is 0 Å². The van der Waals surface area contributed by atoms with Crippen LogP contribution in [0.4, 0.5) is 0 Å². The Bertz CT molecular complexity index is 406. The minimum Gasteiger partial charge on any atom is -0.368 e. The second-order valence-electron chi connectivity index (χ2n) is 4.44. The van der Waals surface area contributed by atoms with E-state index in [-0.39, 0.29) is 0 Å². The topological polar surface area (TPSA) is 86.9 Å². The van der Waals surface area contributed by atoms with Crippen molar-refractivity contribution in [2.24, 2.45) is 11.5 Å². The second kappa shape index (κ2) is 4.25. The summed E-state index contributed by atoms with van der Waals surface area (Å²) in [6.07, 6.45) is 0.926. The number of hydrogen-bond donors (Lipinski definition) is 2. The van der Waals surface area contributed by atoms with Gasteiger partial charge in [-0.15, -0.1) is 0 Å². The van der Waals surface area contributed by atoms with Crippen molar-refractivity contribution in [3.8, 4) is 0 Å². The molecule has 0 aliphatic carbocycles. The van der Waals surface area contributed by atoms with Gasteiger partial charge in [-0.1, -0.05) is 6.92 Å². The first-order valence-corrected chi connectivity index (χ1v) is 5.41. The van der Waals surface area contributed by atoms with Crippen LogP contribution in [0.2, 0.25) is 0 Å². The molecule has 0 fully saturated rings. The number of rotatable bonds is 4. The molecule has 1 aromatic rings. The number of primary amides is 1. The average Bonchev–Trinajstić information content (AvgIpc) is 2.41. The maximum Gasteiger partial charge on any atom is 0.239 e. The molecule has 4 N–H and O–H groups in total. The molecule has 1 aromatic heterocycles. The summed E-state index contributed by atoms with van der Waals surface area (Å²) in [6, 6.07) is 0. The van der Waals surface area contributed by atoms with E-state index >= 15 is 0 Å². The summed E-state index contributed by atoms with van der Waals surface area (Å²) in [5.74, 6) is -0.516. The van der Waals surface area contributed by atoms with Gasteiger partial charge in [0.2, 0.25) is 5.91 Å². The first kappa shape index (κ1) is 12.7. The lowest BCUT2D eigenvalue weighted by Crippen LogP contribution is -2.52. The summed E-state index contributed by atoms with van der Waals surface area (Å²) in [5.41, 5.74) is 13.3. The molecule has 1 atom stereocenters. The van der Waals surface area contributed by atoms with Crippen molar-refractivity contribution < 1.29 is 4.79 Å². The van der Waals surface area contributed by atoms with Gasteiger partial charge < -0.3 is 11.5 Å². The van der Waals surface area contributed by atoms with E-state index in [1.807, 2.05) is 13.8 Å². The van der Waals surface area contributed by atoms with E-state index in [1.165, 1.54) is 5.56 Å². The lowest BCUT2D eigenvalue weighted by atomic mass is 10.0. The summed E-state index contributed by atoms with van der Waals surface area (Å²) in [4.78, 5) is 11.2. The third-order valence-electron chi connectivity index (χ3n) is 2.93. The van der Waals surface area contributed by atoms with Crippen LogP contribution in [0.3, 0.4) is 0 Å². The van der Waals surface area contributed by atoms with Gasteiger partial charge in [0.15, 0.2) is 0 Å². The van der Waals surface area contributed by atoms with E-state index in [0.717, 1.165) is 17.8 Å². The molecule has 0 aromatic carbocycles. The number of aryl methyl sites for hydroxylation is 1. The fourth-order valence-electron chi connectivity index (χ4n) is 1.79. The summed E-state index contributed by atoms with van der Waals surface area (Å²) in [5, 5.41) is 4.38. The Morgan fingerprint density at radius 3 is 2.44 bits per heavy atom. The molecule has 0 aliphatic rings. The number of nitrogens with two attached hydrogens (primary N) is 2. The molecule has 0 spiro atoms. The van der Waals surface area contributed by atoms with Crippen LogP contribution < -0.4 is 11.5 Å². The van der Waals surface area contributed by atoms with Gasteiger partial charge in [-0.05, 0) is 32.8 Å². The third-order valence-corrected chi connectivity index (χ3v) is 2.93. The van der Waals surface area contributed by atoms with Crippen molar-refractivity contribution in [3.05, 3.63) is 17.0 Å². The second-order valence-corrected chi connectivity index (χ2v) is 4.44. The van der Waals surface area contributed by atoms with Crippen LogP contribution in [0, 0.1) is 13.8 Å². The summed E-state index contributed by atoms with van der Waals surface area (Å²) in [7, 11) is 0. The fourth-order valence-corrected chi connectivity index (χ4v) is 1.79. The highest BCUT2D eigenvalue weighted by molar-refractivity contribution is 5.83. The molecule has 1 heterocycles. The van der Waals surface area contributed by atoms with Crippen molar-refractivity contribution in [1.29, 1.82) is 0 Å². The highest BCUT2D eigenvalue weighted by Crippen LogP contribution is 2.15. The van der Waals surface area contributed by atoms with Crippen LogP contribution >= 0.6 is 0 Å². The van der Waals surface area contributed by atoms with Crippen molar-refractivity contribution in [2.75, 3.05) is 0 Å². The highest BCUT2D eigenvalue weighted by atomic mass is 16.1. The molecule has 16 heavy (non-hydrogen) atoms. The van der Waals surface area contributed by atoms with E-state index in [2.05, 4.69) is 12.0 Å². The molecule has 90 valence electrons. The monoisotopic (exact) mass is 224 g/mol. The predicted octanol–water partition coefficient (Wildman–Crippen LogP) is 0.265. The van der Waals surface area contributed by atoms with Crippen LogP contribution in [0.5, 0.6) is 0 Å². The minimum atomic E-state index is -1.06. The maximum atomic E-state index is 11.2. The molecular weight excluding hydrogens is 204 g/mol. The van der Waals surface area contributed by atoms with Crippen molar-refractivity contribution >= 4 is 5.91 Å². The first-order chi connectivity index (χ1) is 7.29. The minimum absolute atomic E-state index is 0.314. The smallest absolute Gasteiger partial charge is 0.239 e. The van der Waals surface area contributed by atoms with Gasteiger partial charge in [0.05, 0.1) is 12.2 Å². The Kier molecular flexibility index (Phi) is 3.38. The van der Waals surface area contributed by atoms with Gasteiger partial charge in [0, 0.05) is 5.69 Å². The number of aromatic nitrogens is 2. The van der Waals surface area contributed by atoms with Gasteiger partial charge in [0.1, 0.15) is 5.54 Å². The molecule has 0 saturated heterocycles. The molecular formula is C11H20N4O. The molecule has 0 radical (unpaired) electrons. The zero-order valence-electron chi connectivity index (χ0n) is 10.4. The van der Waals surface area contributed by atoms with E-state index in [4.69, 9.17) is 11.5 Å². The Labute approximate surface area is 95.8 Å². The summed E-state index contributed by atoms with van der Waals surface area (Å²) in [6.45, 7) is 7.96. The molecule has 1 unspecified atom stereocenters. The summed E-state index contributed by atoms with van der Waals surface area (Å²) < 4.78 is 1.76. The molecule has 0 saturated carbocycles. The van der Waals surface area contributed by atoms with Gasteiger partial charge >= 0.3 is 0 Å². The Morgan fingerprint density at radius 1 is 1.50 bits per heavy atom. The van der Waals surface area contributed by atoms with Crippen LogP contribution in [0.25, 0.3) is 0 Å². The predicted molar refractivity (Wildman–Crippen MR) is 62.9 cm³/mol. The molecule has 5 heteroatoms. The largest absolute Gasteiger partial charge is 0.368 e. The number of carbonyl (C=O) groups is 1.